The number of ether oxygens (including phenoxy) is 1. The van der Waals surface area contributed by atoms with Crippen LogP contribution in [0, 0.1) is 0 Å². The summed E-state index contributed by atoms with van der Waals surface area (Å²) in [6.07, 6.45) is 1.75. The Balaban J connectivity index is 2.08. The van der Waals surface area contributed by atoms with Gasteiger partial charge in [-0.2, -0.15) is 4.31 Å². The Morgan fingerprint density at radius 3 is 2.42 bits per heavy atom. The first-order valence-electron chi connectivity index (χ1n) is 8.10. The molecule has 2 rings (SSSR count). The van der Waals surface area contributed by atoms with Gasteiger partial charge in [0.25, 0.3) is 5.91 Å². The van der Waals surface area contributed by atoms with E-state index in [-0.39, 0.29) is 22.4 Å². The highest BCUT2D eigenvalue weighted by molar-refractivity contribution is 7.89. The molecule has 0 atom stereocenters. The van der Waals surface area contributed by atoms with E-state index in [9.17, 15) is 13.2 Å². The monoisotopic (exact) mass is 374 g/mol. The van der Waals surface area contributed by atoms with E-state index in [1.807, 2.05) is 13.8 Å². The first-order valence-corrected chi connectivity index (χ1v) is 9.92. The molecule has 8 heteroatoms. The molecule has 1 aromatic rings. The van der Waals surface area contributed by atoms with Crippen molar-refractivity contribution in [3.8, 4) is 5.75 Å². The summed E-state index contributed by atoms with van der Waals surface area (Å²) in [4.78, 5) is 13.7. The zero-order chi connectivity index (χ0) is 17.7. The van der Waals surface area contributed by atoms with Gasteiger partial charge in [-0.05, 0) is 44.9 Å². The number of carbonyl (C=O) groups is 1. The van der Waals surface area contributed by atoms with Crippen molar-refractivity contribution in [2.75, 3.05) is 32.8 Å². The van der Waals surface area contributed by atoms with E-state index >= 15 is 0 Å². The highest BCUT2D eigenvalue weighted by Crippen LogP contribution is 2.29. The first kappa shape index (κ1) is 19.0. The standard InChI is InChI=1S/C16H23ClN2O4S/c1-3-18(4-2)16(20)12-23-15-8-7-13(11-14(15)17)24(21,22)19-9-5-6-10-19/h7-8,11H,3-6,9-10,12H2,1-2H3. The number of likely N-dealkylation sites (N-methyl/N-ethyl adjacent to an activating group) is 1. The van der Waals surface area contributed by atoms with Crippen LogP contribution in [0.15, 0.2) is 23.1 Å². The Morgan fingerprint density at radius 2 is 1.88 bits per heavy atom. The molecule has 0 spiro atoms. The third-order valence-electron chi connectivity index (χ3n) is 4.07. The maximum Gasteiger partial charge on any atom is 0.260 e. The van der Waals surface area contributed by atoms with Crippen molar-refractivity contribution in [1.82, 2.24) is 9.21 Å². The van der Waals surface area contributed by atoms with Crippen molar-refractivity contribution < 1.29 is 17.9 Å². The summed E-state index contributed by atoms with van der Waals surface area (Å²) < 4.78 is 31.9. The zero-order valence-electron chi connectivity index (χ0n) is 14.0. The van der Waals surface area contributed by atoms with Gasteiger partial charge in [-0.15, -0.1) is 0 Å². The van der Waals surface area contributed by atoms with Crippen molar-refractivity contribution >= 4 is 27.5 Å². The number of hydrogen-bond acceptors (Lipinski definition) is 4. The summed E-state index contributed by atoms with van der Waals surface area (Å²) in [5, 5.41) is 0.183. The molecular weight excluding hydrogens is 352 g/mol. The van der Waals surface area contributed by atoms with Crippen LogP contribution < -0.4 is 4.74 Å². The fraction of sp³-hybridized carbons (Fsp3) is 0.562. The second kappa shape index (κ2) is 8.18. The third-order valence-corrected chi connectivity index (χ3v) is 6.26. The quantitative estimate of drug-likeness (QED) is 0.734. The summed E-state index contributed by atoms with van der Waals surface area (Å²) in [6.45, 7) is 5.96. The Bertz CT molecular complexity index is 683. The van der Waals surface area contributed by atoms with E-state index in [4.69, 9.17) is 16.3 Å². The average molecular weight is 375 g/mol. The van der Waals surface area contributed by atoms with Gasteiger partial charge in [-0.25, -0.2) is 8.42 Å². The summed E-state index contributed by atoms with van der Waals surface area (Å²) in [5.41, 5.74) is 0. The molecule has 0 unspecified atom stereocenters. The highest BCUT2D eigenvalue weighted by Gasteiger charge is 2.27. The predicted molar refractivity (Wildman–Crippen MR) is 92.9 cm³/mol. The molecule has 1 amide bonds. The fourth-order valence-corrected chi connectivity index (χ4v) is 4.49. The molecule has 0 radical (unpaired) electrons. The summed E-state index contributed by atoms with van der Waals surface area (Å²) >= 11 is 6.14. The number of sulfonamides is 1. The highest BCUT2D eigenvalue weighted by atomic mass is 35.5. The first-order chi connectivity index (χ1) is 11.4. The second-order valence-electron chi connectivity index (χ2n) is 5.56. The third kappa shape index (κ3) is 4.20. The van der Waals surface area contributed by atoms with Gasteiger partial charge in [-0.1, -0.05) is 11.6 Å². The molecule has 1 aliphatic rings. The van der Waals surface area contributed by atoms with Crippen LogP contribution in [0.2, 0.25) is 5.02 Å². The fourth-order valence-electron chi connectivity index (χ4n) is 2.64. The molecule has 1 fully saturated rings. The van der Waals surface area contributed by atoms with Gasteiger partial charge in [0.1, 0.15) is 5.75 Å². The van der Waals surface area contributed by atoms with E-state index < -0.39 is 10.0 Å². The number of halogens is 1. The average Bonchev–Trinajstić information content (AvgIpc) is 3.10. The van der Waals surface area contributed by atoms with Gasteiger partial charge in [-0.3, -0.25) is 4.79 Å². The Morgan fingerprint density at radius 1 is 1.25 bits per heavy atom. The van der Waals surface area contributed by atoms with Gasteiger partial charge in [0.15, 0.2) is 6.61 Å². The molecule has 24 heavy (non-hydrogen) atoms. The van der Waals surface area contributed by atoms with E-state index in [2.05, 4.69) is 0 Å². The number of nitrogens with zero attached hydrogens (tertiary/aromatic N) is 2. The lowest BCUT2D eigenvalue weighted by Crippen LogP contribution is -2.34. The van der Waals surface area contributed by atoms with Gasteiger partial charge in [0.05, 0.1) is 9.92 Å². The topological polar surface area (TPSA) is 66.9 Å². The molecule has 6 nitrogen and oxygen atoms in total. The van der Waals surface area contributed by atoms with E-state index in [1.165, 1.54) is 22.5 Å². The number of amides is 1. The molecule has 0 aliphatic carbocycles. The van der Waals surface area contributed by atoms with Crippen molar-refractivity contribution in [3.63, 3.8) is 0 Å². The number of rotatable bonds is 7. The molecule has 0 bridgehead atoms. The lowest BCUT2D eigenvalue weighted by Gasteiger charge is -2.19. The second-order valence-corrected chi connectivity index (χ2v) is 7.90. The van der Waals surface area contributed by atoms with Gasteiger partial charge in [0, 0.05) is 26.2 Å². The predicted octanol–water partition coefficient (Wildman–Crippen LogP) is 2.37. The molecule has 1 saturated heterocycles. The lowest BCUT2D eigenvalue weighted by molar-refractivity contribution is -0.132. The Labute approximate surface area is 148 Å². The zero-order valence-corrected chi connectivity index (χ0v) is 15.6. The van der Waals surface area contributed by atoms with Gasteiger partial charge >= 0.3 is 0 Å². The lowest BCUT2D eigenvalue weighted by atomic mass is 10.3. The smallest absolute Gasteiger partial charge is 0.260 e. The normalized spacial score (nSPS) is 15.5. The largest absolute Gasteiger partial charge is 0.482 e. The molecule has 0 saturated carbocycles. The molecule has 1 aromatic carbocycles. The van der Waals surface area contributed by atoms with E-state index in [0.29, 0.717) is 31.9 Å². The van der Waals surface area contributed by atoms with Crippen LogP contribution in [0.25, 0.3) is 0 Å². The van der Waals surface area contributed by atoms with Gasteiger partial charge in [0.2, 0.25) is 10.0 Å². The maximum atomic E-state index is 12.5. The van der Waals surface area contributed by atoms with Crippen LogP contribution in [0.5, 0.6) is 5.75 Å². The van der Waals surface area contributed by atoms with Crippen LogP contribution in [-0.2, 0) is 14.8 Å². The van der Waals surface area contributed by atoms with E-state index in [1.54, 1.807) is 4.90 Å². The molecule has 0 N–H and O–H groups in total. The van der Waals surface area contributed by atoms with Gasteiger partial charge < -0.3 is 9.64 Å². The minimum Gasteiger partial charge on any atom is -0.482 e. The SMILES string of the molecule is CCN(CC)C(=O)COc1ccc(S(=O)(=O)N2CCCC2)cc1Cl. The maximum absolute atomic E-state index is 12.5. The van der Waals surface area contributed by atoms with Crippen LogP contribution >= 0.6 is 11.6 Å². The number of hydrogen-bond donors (Lipinski definition) is 0. The molecule has 134 valence electrons. The van der Waals surface area contributed by atoms with Crippen LogP contribution in [0.3, 0.4) is 0 Å². The van der Waals surface area contributed by atoms with Crippen molar-refractivity contribution in [2.45, 2.75) is 31.6 Å². The molecule has 1 heterocycles. The van der Waals surface area contributed by atoms with Crippen LogP contribution in [-0.4, -0.2) is 56.3 Å². The summed E-state index contributed by atoms with van der Waals surface area (Å²) in [5.74, 6) is 0.169. The summed E-state index contributed by atoms with van der Waals surface area (Å²) in [7, 11) is -3.51. The molecule has 0 aromatic heterocycles. The van der Waals surface area contributed by atoms with E-state index in [0.717, 1.165) is 12.8 Å². The Hall–Kier alpha value is -1.31. The van der Waals surface area contributed by atoms with Crippen LogP contribution in [0.4, 0.5) is 0 Å². The van der Waals surface area contributed by atoms with Crippen molar-refractivity contribution in [3.05, 3.63) is 23.2 Å². The minimum absolute atomic E-state index is 0.125. The van der Waals surface area contributed by atoms with Crippen LogP contribution in [0.1, 0.15) is 26.7 Å². The molecule has 1 aliphatic heterocycles. The Kier molecular flexibility index (Phi) is 6.48. The molecular formula is C16H23ClN2O4S. The van der Waals surface area contributed by atoms with Crippen molar-refractivity contribution in [2.24, 2.45) is 0 Å². The number of benzene rings is 1. The minimum atomic E-state index is -3.51. The number of carbonyl (C=O) groups excluding carboxylic acids is 1. The van der Waals surface area contributed by atoms with Crippen molar-refractivity contribution in [1.29, 1.82) is 0 Å². The summed E-state index contributed by atoms with van der Waals surface area (Å²) in [6, 6.07) is 4.35.